The first-order valence-electron chi connectivity index (χ1n) is 11.2. The Morgan fingerprint density at radius 1 is 0.944 bits per heavy atom. The van der Waals surface area contributed by atoms with E-state index >= 15 is 0 Å². The summed E-state index contributed by atoms with van der Waals surface area (Å²) in [6.45, 7) is 1.80. The van der Waals surface area contributed by atoms with E-state index in [1.54, 1.807) is 36.4 Å². The van der Waals surface area contributed by atoms with E-state index in [2.05, 4.69) is 10.6 Å². The predicted molar refractivity (Wildman–Crippen MR) is 136 cm³/mol. The molecule has 0 spiro atoms. The highest BCUT2D eigenvalue weighted by Gasteiger charge is 2.33. The number of nitro benzene ring substituents is 1. The van der Waals surface area contributed by atoms with Gasteiger partial charge in [0, 0.05) is 12.6 Å². The molecule has 3 rings (SSSR count). The number of anilines is 2. The Kier molecular flexibility index (Phi) is 8.74. The van der Waals surface area contributed by atoms with Crippen LogP contribution in [-0.2, 0) is 14.8 Å². The maximum absolute atomic E-state index is 13.5. The van der Waals surface area contributed by atoms with Crippen LogP contribution in [0, 0.1) is 10.1 Å². The second-order valence-electron chi connectivity index (χ2n) is 7.78. The molecule has 188 valence electrons. The van der Waals surface area contributed by atoms with Crippen molar-refractivity contribution in [2.45, 2.75) is 24.7 Å². The molecule has 0 aliphatic carbocycles. The monoisotopic (exact) mass is 510 g/mol. The first-order chi connectivity index (χ1) is 17.3. The Hall–Kier alpha value is -4.25. The first-order valence-corrected chi connectivity index (χ1v) is 12.7. The highest BCUT2D eigenvalue weighted by molar-refractivity contribution is 7.93. The third-order valence-electron chi connectivity index (χ3n) is 5.22. The van der Waals surface area contributed by atoms with Gasteiger partial charge in [0.15, 0.2) is 4.90 Å². The predicted octanol–water partition coefficient (Wildman–Crippen LogP) is 3.96. The van der Waals surface area contributed by atoms with Gasteiger partial charge in [-0.1, -0.05) is 55.8 Å². The number of sulfonamides is 1. The standard InChI is InChI=1S/C25H26N4O6S/c1-2-3-17-26-25(31)20-13-7-8-14-21(20)27-24(30)18-28(19-11-5-4-6-12-19)36(34,35)23-16-10-9-15-22(23)29(32)33/h4-16H,2-3,17-18H2,1H3,(H,26,31)(H,27,30). The van der Waals surface area contributed by atoms with Crippen molar-refractivity contribution in [3.05, 3.63) is 94.5 Å². The molecular formula is C25H26N4O6S. The molecule has 0 fully saturated rings. The van der Waals surface area contributed by atoms with Crippen LogP contribution < -0.4 is 14.9 Å². The van der Waals surface area contributed by atoms with Crippen LogP contribution in [0.1, 0.15) is 30.1 Å². The molecule has 10 nitrogen and oxygen atoms in total. The second-order valence-corrected chi connectivity index (χ2v) is 9.61. The zero-order valence-corrected chi connectivity index (χ0v) is 20.4. The van der Waals surface area contributed by atoms with Crippen LogP contribution in [0.15, 0.2) is 83.8 Å². The summed E-state index contributed by atoms with van der Waals surface area (Å²) < 4.78 is 27.9. The summed E-state index contributed by atoms with van der Waals surface area (Å²) in [5, 5.41) is 16.9. The van der Waals surface area contributed by atoms with Gasteiger partial charge in [-0.15, -0.1) is 0 Å². The molecule has 3 aromatic rings. The van der Waals surface area contributed by atoms with Gasteiger partial charge in [-0.3, -0.25) is 24.0 Å². The van der Waals surface area contributed by atoms with E-state index in [1.165, 1.54) is 30.3 Å². The number of rotatable bonds is 11. The molecule has 11 heteroatoms. The minimum atomic E-state index is -4.51. The van der Waals surface area contributed by atoms with Crippen molar-refractivity contribution in [1.82, 2.24) is 5.32 Å². The molecule has 3 aromatic carbocycles. The molecule has 2 amide bonds. The lowest BCUT2D eigenvalue weighted by Gasteiger charge is -2.24. The van der Waals surface area contributed by atoms with E-state index in [0.29, 0.717) is 6.54 Å². The highest BCUT2D eigenvalue weighted by Crippen LogP contribution is 2.29. The third-order valence-corrected chi connectivity index (χ3v) is 7.04. The van der Waals surface area contributed by atoms with Crippen LogP contribution in [0.3, 0.4) is 0 Å². The minimum absolute atomic E-state index is 0.149. The van der Waals surface area contributed by atoms with Crippen LogP contribution >= 0.6 is 0 Å². The molecule has 2 N–H and O–H groups in total. The fourth-order valence-electron chi connectivity index (χ4n) is 3.44. The van der Waals surface area contributed by atoms with Crippen molar-refractivity contribution in [2.24, 2.45) is 0 Å². The Bertz CT molecular complexity index is 1350. The molecule has 0 saturated carbocycles. The van der Waals surface area contributed by atoms with Crippen LogP contribution in [0.2, 0.25) is 0 Å². The van der Waals surface area contributed by atoms with E-state index in [-0.39, 0.29) is 22.8 Å². The molecule has 0 aliphatic heterocycles. The van der Waals surface area contributed by atoms with E-state index in [9.17, 15) is 28.1 Å². The highest BCUT2D eigenvalue weighted by atomic mass is 32.2. The van der Waals surface area contributed by atoms with Gasteiger partial charge in [-0.05, 0) is 36.8 Å². The topological polar surface area (TPSA) is 139 Å². The number of unbranched alkanes of at least 4 members (excludes halogenated alkanes) is 1. The van der Waals surface area contributed by atoms with Crippen LogP contribution in [0.5, 0.6) is 0 Å². The fourth-order valence-corrected chi connectivity index (χ4v) is 5.02. The molecule has 0 radical (unpaired) electrons. The van der Waals surface area contributed by atoms with Crippen LogP contribution in [0.25, 0.3) is 0 Å². The average molecular weight is 511 g/mol. The lowest BCUT2D eigenvalue weighted by molar-refractivity contribution is -0.387. The Morgan fingerprint density at radius 2 is 1.58 bits per heavy atom. The van der Waals surface area contributed by atoms with Gasteiger partial charge in [0.1, 0.15) is 6.54 Å². The number of benzene rings is 3. The minimum Gasteiger partial charge on any atom is -0.352 e. The normalized spacial score (nSPS) is 10.9. The summed E-state index contributed by atoms with van der Waals surface area (Å²) in [7, 11) is -4.51. The summed E-state index contributed by atoms with van der Waals surface area (Å²) in [6.07, 6.45) is 1.71. The molecular weight excluding hydrogens is 484 g/mol. The summed E-state index contributed by atoms with van der Waals surface area (Å²) >= 11 is 0. The van der Waals surface area contributed by atoms with Crippen molar-refractivity contribution >= 4 is 38.9 Å². The number of carbonyl (C=O) groups is 2. The zero-order chi connectivity index (χ0) is 26.1. The maximum Gasteiger partial charge on any atom is 0.289 e. The van der Waals surface area contributed by atoms with E-state index in [4.69, 9.17) is 0 Å². The van der Waals surface area contributed by atoms with Gasteiger partial charge in [-0.2, -0.15) is 0 Å². The number of hydrogen-bond acceptors (Lipinski definition) is 6. The summed E-state index contributed by atoms with van der Waals surface area (Å²) in [5.74, 6) is -1.10. The number of amides is 2. The number of para-hydroxylation sites is 3. The van der Waals surface area contributed by atoms with Gasteiger partial charge in [0.05, 0.1) is 21.9 Å². The van der Waals surface area contributed by atoms with Gasteiger partial charge in [-0.25, -0.2) is 8.42 Å². The number of nitrogens with one attached hydrogen (secondary N) is 2. The van der Waals surface area contributed by atoms with E-state index in [1.807, 2.05) is 6.92 Å². The number of nitrogens with zero attached hydrogens (tertiary/aromatic N) is 2. The van der Waals surface area contributed by atoms with Crippen molar-refractivity contribution in [3.63, 3.8) is 0 Å². The van der Waals surface area contributed by atoms with Crippen molar-refractivity contribution in [3.8, 4) is 0 Å². The molecule has 0 aliphatic rings. The largest absolute Gasteiger partial charge is 0.352 e. The number of nitro groups is 1. The molecule has 0 aromatic heterocycles. The van der Waals surface area contributed by atoms with E-state index < -0.39 is 38.0 Å². The van der Waals surface area contributed by atoms with Crippen LogP contribution in [0.4, 0.5) is 17.1 Å². The third kappa shape index (κ3) is 6.25. The van der Waals surface area contributed by atoms with Gasteiger partial charge < -0.3 is 10.6 Å². The molecule has 36 heavy (non-hydrogen) atoms. The van der Waals surface area contributed by atoms with Crippen molar-refractivity contribution < 1.29 is 22.9 Å². The second kappa shape index (κ2) is 11.9. The zero-order valence-electron chi connectivity index (χ0n) is 19.6. The van der Waals surface area contributed by atoms with Gasteiger partial charge in [0.2, 0.25) is 5.91 Å². The SMILES string of the molecule is CCCCNC(=O)c1ccccc1NC(=O)CN(c1ccccc1)S(=O)(=O)c1ccccc1[N+](=O)[O-]. The molecule has 0 bridgehead atoms. The lowest BCUT2D eigenvalue weighted by atomic mass is 10.1. The summed E-state index contributed by atoms with van der Waals surface area (Å²) in [6, 6.07) is 19.1. The molecule has 0 saturated heterocycles. The Balaban J connectivity index is 1.92. The Labute approximate surface area is 209 Å². The number of hydrogen-bond donors (Lipinski definition) is 2. The van der Waals surface area contributed by atoms with Crippen molar-refractivity contribution in [2.75, 3.05) is 22.7 Å². The Morgan fingerprint density at radius 3 is 2.28 bits per heavy atom. The van der Waals surface area contributed by atoms with Gasteiger partial charge >= 0.3 is 0 Å². The summed E-state index contributed by atoms with van der Waals surface area (Å²) in [4.78, 5) is 35.8. The van der Waals surface area contributed by atoms with E-state index in [0.717, 1.165) is 29.3 Å². The number of carbonyl (C=O) groups excluding carboxylic acids is 2. The van der Waals surface area contributed by atoms with Crippen molar-refractivity contribution in [1.29, 1.82) is 0 Å². The molecule has 0 heterocycles. The summed E-state index contributed by atoms with van der Waals surface area (Å²) in [5.41, 5.74) is -0.00769. The fraction of sp³-hybridized carbons (Fsp3) is 0.200. The maximum atomic E-state index is 13.5. The first kappa shape index (κ1) is 26.4. The average Bonchev–Trinajstić information content (AvgIpc) is 2.88. The lowest BCUT2D eigenvalue weighted by Crippen LogP contribution is -2.38. The van der Waals surface area contributed by atoms with Gasteiger partial charge in [0.25, 0.3) is 21.6 Å². The van der Waals surface area contributed by atoms with Crippen LogP contribution in [-0.4, -0.2) is 38.2 Å². The quantitative estimate of drug-likeness (QED) is 0.227. The molecule has 0 atom stereocenters. The smallest absolute Gasteiger partial charge is 0.289 e. The molecule has 0 unspecified atom stereocenters.